The molecule has 2 heterocycles. The summed E-state index contributed by atoms with van der Waals surface area (Å²) in [6, 6.07) is 10.8. The maximum atomic E-state index is 13.5. The van der Waals surface area contributed by atoms with Crippen LogP contribution in [0.1, 0.15) is 57.6 Å². The lowest BCUT2D eigenvalue weighted by molar-refractivity contribution is 0.0597. The number of benzene rings is 1. The summed E-state index contributed by atoms with van der Waals surface area (Å²) < 4.78 is 12.8. The molecule has 166 valence electrons. The van der Waals surface area contributed by atoms with Gasteiger partial charge in [-0.2, -0.15) is 10.4 Å². The van der Waals surface area contributed by atoms with Gasteiger partial charge in [-0.3, -0.25) is 0 Å². The minimum Gasteiger partial charge on any atom is -0.506 e. The van der Waals surface area contributed by atoms with Crippen molar-refractivity contribution >= 4 is 23.1 Å². The fourth-order valence-electron chi connectivity index (χ4n) is 3.69. The first kappa shape index (κ1) is 21.5. The van der Waals surface area contributed by atoms with Crippen LogP contribution in [0.3, 0.4) is 0 Å². The molecule has 1 aliphatic rings. The van der Waals surface area contributed by atoms with Crippen LogP contribution in [0.25, 0.3) is 5.52 Å². The first-order chi connectivity index (χ1) is 15.2. The smallest absolute Gasteiger partial charge is 0.420 e. The van der Waals surface area contributed by atoms with Gasteiger partial charge in [0.05, 0.1) is 24.0 Å². The lowest BCUT2D eigenvalue weighted by Crippen LogP contribution is -2.35. The fourth-order valence-corrected chi connectivity index (χ4v) is 3.69. The molecule has 8 heteroatoms. The van der Waals surface area contributed by atoms with Crippen molar-refractivity contribution in [3.05, 3.63) is 47.7 Å². The molecule has 1 N–H and O–H groups in total. The van der Waals surface area contributed by atoms with Crippen molar-refractivity contribution in [1.29, 1.82) is 5.26 Å². The topological polar surface area (TPSA) is 100 Å². The van der Waals surface area contributed by atoms with Gasteiger partial charge in [-0.15, -0.1) is 0 Å². The molecule has 0 atom stereocenters. The van der Waals surface area contributed by atoms with Crippen molar-refractivity contribution in [2.24, 2.45) is 0 Å². The maximum absolute atomic E-state index is 13.5. The SMILES string of the molecule is CCOc1ccc(N(C(=O)OC(C)(C)C)c2c(C3CC3)c(O)c(C#N)c3ccnn23)cc1. The van der Waals surface area contributed by atoms with E-state index in [1.54, 1.807) is 57.3 Å². The first-order valence-electron chi connectivity index (χ1n) is 10.6. The molecule has 1 aliphatic carbocycles. The molecule has 3 aromatic rings. The quantitative estimate of drug-likeness (QED) is 0.588. The van der Waals surface area contributed by atoms with Gasteiger partial charge in [-0.25, -0.2) is 14.2 Å². The number of amides is 1. The van der Waals surface area contributed by atoms with Crippen molar-refractivity contribution in [2.45, 2.75) is 52.1 Å². The van der Waals surface area contributed by atoms with E-state index in [1.807, 2.05) is 6.92 Å². The Morgan fingerprint density at radius 1 is 1.28 bits per heavy atom. The zero-order chi connectivity index (χ0) is 23.0. The number of hydrogen-bond donors (Lipinski definition) is 1. The van der Waals surface area contributed by atoms with Crippen LogP contribution in [-0.2, 0) is 4.74 Å². The summed E-state index contributed by atoms with van der Waals surface area (Å²) in [5.41, 5.74) is 0.883. The lowest BCUT2D eigenvalue weighted by Gasteiger charge is -2.29. The predicted molar refractivity (Wildman–Crippen MR) is 120 cm³/mol. The zero-order valence-electron chi connectivity index (χ0n) is 18.6. The predicted octanol–water partition coefficient (Wildman–Crippen LogP) is 5.26. The highest BCUT2D eigenvalue weighted by molar-refractivity contribution is 5.98. The van der Waals surface area contributed by atoms with E-state index in [2.05, 4.69) is 11.2 Å². The number of pyridine rings is 1. The second-order valence-corrected chi connectivity index (χ2v) is 8.72. The number of nitriles is 1. The zero-order valence-corrected chi connectivity index (χ0v) is 18.6. The second-order valence-electron chi connectivity index (χ2n) is 8.72. The van der Waals surface area contributed by atoms with Gasteiger partial charge in [-0.1, -0.05) is 0 Å². The van der Waals surface area contributed by atoms with Gasteiger partial charge in [0.25, 0.3) is 0 Å². The van der Waals surface area contributed by atoms with E-state index in [-0.39, 0.29) is 17.2 Å². The van der Waals surface area contributed by atoms with Crippen LogP contribution in [0.4, 0.5) is 16.3 Å². The van der Waals surface area contributed by atoms with Gasteiger partial charge in [0.2, 0.25) is 0 Å². The summed E-state index contributed by atoms with van der Waals surface area (Å²) in [7, 11) is 0. The standard InChI is InChI=1S/C24H26N4O4/c1-5-31-17-10-8-16(9-11-17)27(23(30)32-24(2,3)4)22-20(15-6-7-15)21(29)18(14-25)19-12-13-26-28(19)22/h8-13,15,29H,5-7H2,1-4H3. The number of nitrogens with zero attached hydrogens (tertiary/aromatic N) is 4. The molecule has 1 aromatic carbocycles. The third-order valence-corrected chi connectivity index (χ3v) is 5.12. The van der Waals surface area contributed by atoms with E-state index in [0.29, 0.717) is 34.9 Å². The molecule has 1 amide bonds. The number of carbonyl (C=O) groups excluding carboxylic acids is 1. The molecule has 0 radical (unpaired) electrons. The number of rotatable bonds is 5. The molecule has 1 fully saturated rings. The lowest BCUT2D eigenvalue weighted by atomic mass is 10.0. The Labute approximate surface area is 186 Å². The van der Waals surface area contributed by atoms with Crippen LogP contribution < -0.4 is 9.64 Å². The number of ether oxygens (including phenoxy) is 2. The Morgan fingerprint density at radius 3 is 2.53 bits per heavy atom. The molecule has 8 nitrogen and oxygen atoms in total. The number of aromatic hydroxyl groups is 1. The van der Waals surface area contributed by atoms with Gasteiger partial charge in [0.15, 0.2) is 5.82 Å². The number of carbonyl (C=O) groups is 1. The largest absolute Gasteiger partial charge is 0.506 e. The molecule has 0 aliphatic heterocycles. The van der Waals surface area contributed by atoms with E-state index in [4.69, 9.17) is 9.47 Å². The molecule has 0 unspecified atom stereocenters. The van der Waals surface area contributed by atoms with Crippen LogP contribution >= 0.6 is 0 Å². The fraction of sp³-hybridized carbons (Fsp3) is 0.375. The second kappa shape index (κ2) is 8.08. The Balaban J connectivity index is 1.97. The Morgan fingerprint density at radius 2 is 1.97 bits per heavy atom. The normalized spacial score (nSPS) is 13.6. The summed E-state index contributed by atoms with van der Waals surface area (Å²) in [6.45, 7) is 7.81. The molecular formula is C24H26N4O4. The number of anilines is 2. The van der Waals surface area contributed by atoms with Gasteiger partial charge in [-0.05, 0) is 76.8 Å². The van der Waals surface area contributed by atoms with Crippen LogP contribution in [0.5, 0.6) is 11.5 Å². The van der Waals surface area contributed by atoms with Gasteiger partial charge in [0.1, 0.15) is 28.7 Å². The maximum Gasteiger partial charge on any atom is 0.420 e. The Hall–Kier alpha value is -3.73. The van der Waals surface area contributed by atoms with E-state index in [9.17, 15) is 15.2 Å². The highest BCUT2D eigenvalue weighted by Gasteiger charge is 2.38. The number of hydrogen-bond acceptors (Lipinski definition) is 6. The highest BCUT2D eigenvalue weighted by Crippen LogP contribution is 2.51. The molecule has 0 spiro atoms. The minimum atomic E-state index is -0.738. The third kappa shape index (κ3) is 3.94. The minimum absolute atomic E-state index is 0.0262. The summed E-state index contributed by atoms with van der Waals surface area (Å²) >= 11 is 0. The van der Waals surface area contributed by atoms with E-state index >= 15 is 0 Å². The van der Waals surface area contributed by atoms with E-state index in [0.717, 1.165) is 12.8 Å². The van der Waals surface area contributed by atoms with Gasteiger partial charge < -0.3 is 14.6 Å². The summed E-state index contributed by atoms with van der Waals surface area (Å²) in [5.74, 6) is 0.966. The average Bonchev–Trinajstić information content (AvgIpc) is 3.44. The van der Waals surface area contributed by atoms with Crippen LogP contribution in [-0.4, -0.2) is 33.0 Å². The molecule has 2 aromatic heterocycles. The number of fused-ring (bicyclic) bond motifs is 1. The summed E-state index contributed by atoms with van der Waals surface area (Å²) in [5, 5.41) is 25.1. The molecular weight excluding hydrogens is 408 g/mol. The van der Waals surface area contributed by atoms with Crippen LogP contribution in [0.2, 0.25) is 0 Å². The van der Waals surface area contributed by atoms with Crippen LogP contribution in [0.15, 0.2) is 36.5 Å². The Bertz CT molecular complexity index is 1200. The summed E-state index contributed by atoms with van der Waals surface area (Å²) in [4.78, 5) is 14.9. The monoisotopic (exact) mass is 434 g/mol. The molecule has 1 saturated carbocycles. The van der Waals surface area contributed by atoms with Crippen molar-refractivity contribution in [1.82, 2.24) is 9.61 Å². The third-order valence-electron chi connectivity index (χ3n) is 5.12. The number of aromatic nitrogens is 2. The van der Waals surface area contributed by atoms with Crippen molar-refractivity contribution in [2.75, 3.05) is 11.5 Å². The Kier molecular flexibility index (Phi) is 5.43. The van der Waals surface area contributed by atoms with Crippen LogP contribution in [0, 0.1) is 11.3 Å². The molecule has 32 heavy (non-hydrogen) atoms. The highest BCUT2D eigenvalue weighted by atomic mass is 16.6. The van der Waals surface area contributed by atoms with Crippen molar-refractivity contribution < 1.29 is 19.4 Å². The molecule has 0 bridgehead atoms. The average molecular weight is 434 g/mol. The molecule has 0 saturated heterocycles. The summed E-state index contributed by atoms with van der Waals surface area (Å²) in [6.07, 6.45) is 2.64. The van der Waals surface area contributed by atoms with E-state index < -0.39 is 11.7 Å². The first-order valence-corrected chi connectivity index (χ1v) is 10.6. The molecule has 4 rings (SSSR count). The van der Waals surface area contributed by atoms with Crippen molar-refractivity contribution in [3.63, 3.8) is 0 Å². The van der Waals surface area contributed by atoms with Gasteiger partial charge in [0, 0.05) is 5.56 Å². The van der Waals surface area contributed by atoms with Gasteiger partial charge >= 0.3 is 6.09 Å². The van der Waals surface area contributed by atoms with Crippen molar-refractivity contribution in [3.8, 4) is 17.6 Å². The van der Waals surface area contributed by atoms with E-state index in [1.165, 1.54) is 9.42 Å².